The molecular weight excluding hydrogens is 250 g/mol. The molecule has 1 aromatic carbocycles. The summed E-state index contributed by atoms with van der Waals surface area (Å²) in [5.41, 5.74) is 0.746. The lowest BCUT2D eigenvalue weighted by atomic mass is 10.1. The molecule has 0 radical (unpaired) electrons. The maximum Gasteiger partial charge on any atom is 0.321 e. The minimum absolute atomic E-state index is 0.601. The first-order valence-electron chi connectivity index (χ1n) is 5.40. The van der Waals surface area contributed by atoms with E-state index in [4.69, 9.17) is 0 Å². The molecule has 1 heterocycles. The summed E-state index contributed by atoms with van der Waals surface area (Å²) in [4.78, 5) is 11.3. The lowest BCUT2D eigenvalue weighted by Crippen LogP contribution is -2.09. The maximum absolute atomic E-state index is 11.3. The minimum Gasteiger partial charge on any atom is -0.480 e. The van der Waals surface area contributed by atoms with E-state index in [0.717, 1.165) is 11.4 Å². The summed E-state index contributed by atoms with van der Waals surface area (Å²) in [6.07, 6.45) is 0. The van der Waals surface area contributed by atoms with E-state index in [1.165, 1.54) is 11.8 Å². The third kappa shape index (κ3) is 2.53. The van der Waals surface area contributed by atoms with Crippen molar-refractivity contribution in [3.05, 3.63) is 41.7 Å². The molecule has 5 nitrogen and oxygen atoms in total. The van der Waals surface area contributed by atoms with Crippen LogP contribution in [0.1, 0.15) is 16.6 Å². The number of benzene rings is 1. The Bertz CT molecular complexity index is 554. The number of thioether (sulfide) groups is 1. The fourth-order valence-electron chi connectivity index (χ4n) is 1.48. The van der Waals surface area contributed by atoms with Gasteiger partial charge in [0, 0.05) is 7.05 Å². The van der Waals surface area contributed by atoms with Gasteiger partial charge in [-0.15, -0.1) is 10.2 Å². The van der Waals surface area contributed by atoms with Gasteiger partial charge in [-0.05, 0) is 12.5 Å². The van der Waals surface area contributed by atoms with Gasteiger partial charge in [-0.25, -0.2) is 0 Å². The number of aryl methyl sites for hydroxylation is 1. The van der Waals surface area contributed by atoms with Crippen molar-refractivity contribution in [3.63, 3.8) is 0 Å². The van der Waals surface area contributed by atoms with Gasteiger partial charge in [0.15, 0.2) is 5.16 Å². The van der Waals surface area contributed by atoms with Crippen molar-refractivity contribution < 1.29 is 9.90 Å². The second-order valence-electron chi connectivity index (χ2n) is 3.84. The summed E-state index contributed by atoms with van der Waals surface area (Å²) >= 11 is 1.19. The predicted octanol–water partition coefficient (Wildman–Crippen LogP) is 2.04. The monoisotopic (exact) mass is 263 g/mol. The molecule has 0 aliphatic heterocycles. The van der Waals surface area contributed by atoms with Crippen molar-refractivity contribution in [1.82, 2.24) is 14.8 Å². The second kappa shape index (κ2) is 5.22. The minimum atomic E-state index is -0.883. The number of rotatable bonds is 4. The lowest BCUT2D eigenvalue weighted by molar-refractivity contribution is -0.136. The van der Waals surface area contributed by atoms with Crippen LogP contribution in [-0.2, 0) is 11.8 Å². The highest BCUT2D eigenvalue weighted by molar-refractivity contribution is 8.00. The summed E-state index contributed by atoms with van der Waals surface area (Å²) in [5, 5.41) is 17.1. The van der Waals surface area contributed by atoms with Crippen LogP contribution in [0.2, 0.25) is 0 Å². The van der Waals surface area contributed by atoms with Gasteiger partial charge >= 0.3 is 5.97 Å². The number of nitrogens with zero attached hydrogens (tertiary/aromatic N) is 3. The molecule has 0 amide bonds. The average Bonchev–Trinajstić information content (AvgIpc) is 2.68. The third-order valence-corrected chi connectivity index (χ3v) is 3.88. The van der Waals surface area contributed by atoms with Crippen molar-refractivity contribution in [1.29, 1.82) is 0 Å². The quantitative estimate of drug-likeness (QED) is 0.855. The molecule has 6 heteroatoms. The van der Waals surface area contributed by atoms with Crippen LogP contribution >= 0.6 is 11.8 Å². The van der Waals surface area contributed by atoms with E-state index in [9.17, 15) is 9.90 Å². The SMILES string of the molecule is Cc1nnc(SC(C(=O)O)c2ccccc2)n1C. The number of hydrogen-bond donors (Lipinski definition) is 1. The van der Waals surface area contributed by atoms with Gasteiger partial charge in [0.2, 0.25) is 0 Å². The Morgan fingerprint density at radius 1 is 1.33 bits per heavy atom. The van der Waals surface area contributed by atoms with Crippen molar-refractivity contribution >= 4 is 17.7 Å². The van der Waals surface area contributed by atoms with E-state index < -0.39 is 11.2 Å². The Balaban J connectivity index is 2.28. The van der Waals surface area contributed by atoms with Crippen LogP contribution < -0.4 is 0 Å². The highest BCUT2D eigenvalue weighted by atomic mass is 32.2. The number of carboxylic acid groups (broad SMARTS) is 1. The van der Waals surface area contributed by atoms with Crippen molar-refractivity contribution in [2.75, 3.05) is 0 Å². The van der Waals surface area contributed by atoms with Crippen LogP contribution in [0.25, 0.3) is 0 Å². The molecule has 94 valence electrons. The molecule has 0 fully saturated rings. The van der Waals surface area contributed by atoms with E-state index in [0.29, 0.717) is 5.16 Å². The van der Waals surface area contributed by atoms with Crippen LogP contribution in [0.15, 0.2) is 35.5 Å². The highest BCUT2D eigenvalue weighted by Crippen LogP contribution is 2.34. The van der Waals surface area contributed by atoms with Gasteiger partial charge in [0.05, 0.1) is 0 Å². The van der Waals surface area contributed by atoms with E-state index in [1.807, 2.05) is 32.2 Å². The summed E-state index contributed by atoms with van der Waals surface area (Å²) < 4.78 is 1.78. The molecule has 0 saturated carbocycles. The summed E-state index contributed by atoms with van der Waals surface area (Å²) in [6.45, 7) is 1.83. The molecule has 0 saturated heterocycles. The number of hydrogen-bond acceptors (Lipinski definition) is 4. The summed E-state index contributed by atoms with van der Waals surface area (Å²) in [5.74, 6) is -0.124. The number of carbonyl (C=O) groups is 1. The normalized spacial score (nSPS) is 12.3. The van der Waals surface area contributed by atoms with Crippen LogP contribution in [0.4, 0.5) is 0 Å². The standard InChI is InChI=1S/C12H13N3O2S/c1-8-13-14-12(15(8)2)18-10(11(16)17)9-6-4-3-5-7-9/h3-7,10H,1-2H3,(H,16,17). The summed E-state index contributed by atoms with van der Waals surface area (Å²) in [6, 6.07) is 9.12. The average molecular weight is 263 g/mol. The molecule has 0 aliphatic carbocycles. The summed E-state index contributed by atoms with van der Waals surface area (Å²) in [7, 11) is 1.82. The molecule has 1 atom stereocenters. The molecule has 1 N–H and O–H groups in total. The van der Waals surface area contributed by atoms with E-state index in [1.54, 1.807) is 16.7 Å². The van der Waals surface area contributed by atoms with Gasteiger partial charge in [0.25, 0.3) is 0 Å². The molecule has 18 heavy (non-hydrogen) atoms. The van der Waals surface area contributed by atoms with E-state index in [-0.39, 0.29) is 0 Å². The Morgan fingerprint density at radius 2 is 2.00 bits per heavy atom. The molecule has 0 aliphatic rings. The topological polar surface area (TPSA) is 68.0 Å². The molecule has 0 bridgehead atoms. The Labute approximate surface area is 109 Å². The third-order valence-electron chi connectivity index (χ3n) is 2.60. The Hall–Kier alpha value is -1.82. The van der Waals surface area contributed by atoms with Crippen LogP contribution in [-0.4, -0.2) is 25.8 Å². The molecule has 2 aromatic rings. The molecule has 1 aromatic heterocycles. The predicted molar refractivity (Wildman–Crippen MR) is 68.4 cm³/mol. The number of aromatic nitrogens is 3. The molecule has 2 rings (SSSR count). The van der Waals surface area contributed by atoms with Gasteiger partial charge in [-0.3, -0.25) is 4.79 Å². The van der Waals surface area contributed by atoms with Crippen LogP contribution in [0, 0.1) is 6.92 Å². The molecule has 1 unspecified atom stereocenters. The fourth-order valence-corrected chi connectivity index (χ4v) is 2.47. The van der Waals surface area contributed by atoms with Crippen molar-refractivity contribution in [2.24, 2.45) is 7.05 Å². The molecular formula is C12H13N3O2S. The van der Waals surface area contributed by atoms with Crippen molar-refractivity contribution in [3.8, 4) is 0 Å². The molecule has 0 spiro atoms. The smallest absolute Gasteiger partial charge is 0.321 e. The second-order valence-corrected chi connectivity index (χ2v) is 4.91. The lowest BCUT2D eigenvalue weighted by Gasteiger charge is -2.11. The largest absolute Gasteiger partial charge is 0.480 e. The van der Waals surface area contributed by atoms with Crippen LogP contribution in [0.3, 0.4) is 0 Å². The van der Waals surface area contributed by atoms with E-state index in [2.05, 4.69) is 10.2 Å². The first-order chi connectivity index (χ1) is 8.59. The maximum atomic E-state index is 11.3. The number of aliphatic carboxylic acids is 1. The number of carboxylic acids is 1. The Kier molecular flexibility index (Phi) is 3.66. The first kappa shape index (κ1) is 12.6. The first-order valence-corrected chi connectivity index (χ1v) is 6.28. The van der Waals surface area contributed by atoms with Gasteiger partial charge in [0.1, 0.15) is 11.1 Å². The zero-order valence-electron chi connectivity index (χ0n) is 10.1. The van der Waals surface area contributed by atoms with Gasteiger partial charge in [-0.1, -0.05) is 42.1 Å². The van der Waals surface area contributed by atoms with Crippen LogP contribution in [0.5, 0.6) is 0 Å². The van der Waals surface area contributed by atoms with Gasteiger partial charge < -0.3 is 9.67 Å². The zero-order valence-corrected chi connectivity index (χ0v) is 10.9. The Morgan fingerprint density at radius 3 is 2.50 bits per heavy atom. The van der Waals surface area contributed by atoms with Gasteiger partial charge in [-0.2, -0.15) is 0 Å². The fraction of sp³-hybridized carbons (Fsp3) is 0.250. The zero-order chi connectivity index (χ0) is 13.1. The van der Waals surface area contributed by atoms with E-state index >= 15 is 0 Å². The van der Waals surface area contributed by atoms with Crippen molar-refractivity contribution in [2.45, 2.75) is 17.3 Å². The highest BCUT2D eigenvalue weighted by Gasteiger charge is 2.23.